The average Bonchev–Trinajstić information content (AvgIpc) is 3.59. The molecule has 0 aliphatic carbocycles. The van der Waals surface area contributed by atoms with E-state index in [9.17, 15) is 9.59 Å². The molecule has 0 radical (unpaired) electrons. The molecule has 220 valence electrons. The number of hydrogen-bond donors (Lipinski definition) is 9. The highest BCUT2D eigenvalue weighted by molar-refractivity contribution is 7.79. The van der Waals surface area contributed by atoms with E-state index in [1.807, 2.05) is 6.79 Å². The van der Waals surface area contributed by atoms with Crippen molar-refractivity contribution in [2.24, 2.45) is 11.5 Å². The van der Waals surface area contributed by atoms with Crippen molar-refractivity contribution >= 4 is 66.1 Å². The zero-order chi connectivity index (χ0) is 29.1. The van der Waals surface area contributed by atoms with E-state index in [0.29, 0.717) is 37.9 Å². The fourth-order valence-corrected chi connectivity index (χ4v) is 1.22. The predicted octanol–water partition coefficient (Wildman–Crippen LogP) is -1.18. The molecular formula is C16H37Cl2N3O14S. The molecule has 0 bridgehead atoms. The van der Waals surface area contributed by atoms with Crippen LogP contribution < -0.4 is 16.8 Å². The van der Waals surface area contributed by atoms with Crippen LogP contribution in [0, 0.1) is 0 Å². The minimum atomic E-state index is -4.67. The number of carbonyl (C=O) groups is 5. The van der Waals surface area contributed by atoms with Crippen LogP contribution in [0.4, 0.5) is 0 Å². The third-order valence-electron chi connectivity index (χ3n) is 2.25. The molecule has 0 saturated carbocycles. The predicted molar refractivity (Wildman–Crippen MR) is 131 cm³/mol. The summed E-state index contributed by atoms with van der Waals surface area (Å²) in [7, 11) is -4.67. The second kappa shape index (κ2) is 46.2. The molecule has 1 rings (SSSR count). The van der Waals surface area contributed by atoms with E-state index in [2.05, 4.69) is 5.32 Å². The van der Waals surface area contributed by atoms with Gasteiger partial charge >= 0.3 is 22.3 Å². The molecule has 0 aromatic rings. The number of carbonyl (C=O) groups excluding carboxylic acids is 1. The number of nitrogens with one attached hydrogen (secondary N) is 1. The lowest BCUT2D eigenvalue weighted by molar-refractivity contribution is -0.139. The lowest BCUT2D eigenvalue weighted by Gasteiger charge is -1.95. The Hall–Kier alpha value is -2.16. The Kier molecular flexibility index (Phi) is 65.0. The van der Waals surface area contributed by atoms with Crippen molar-refractivity contribution in [1.82, 2.24) is 5.32 Å². The third-order valence-corrected chi connectivity index (χ3v) is 2.59. The molecule has 1 unspecified atom stereocenters. The number of nitrogens with two attached hydrogens (primary N) is 2. The minimum Gasteiger partial charge on any atom is -0.483 e. The van der Waals surface area contributed by atoms with Gasteiger partial charge in [0, 0.05) is 39.0 Å². The second-order valence-electron chi connectivity index (χ2n) is 5.09. The molecule has 1 aliphatic heterocycles. The summed E-state index contributed by atoms with van der Waals surface area (Å²) in [6, 6.07) is 0. The molecule has 1 saturated heterocycles. The number of alkyl halides is 1. The first-order chi connectivity index (χ1) is 16.3. The Morgan fingerprint density at radius 1 is 0.972 bits per heavy atom. The summed E-state index contributed by atoms with van der Waals surface area (Å²) in [6.45, 7) is 5.51. The molecule has 0 aromatic carbocycles. The van der Waals surface area contributed by atoms with E-state index in [-0.39, 0.29) is 38.2 Å². The number of ether oxygens (including phenoxy) is 1. The quantitative estimate of drug-likeness (QED) is 0.0469. The van der Waals surface area contributed by atoms with Crippen LogP contribution in [0.25, 0.3) is 0 Å². The molecule has 36 heavy (non-hydrogen) atoms. The Bertz CT molecular complexity index is 536. The van der Waals surface area contributed by atoms with Crippen molar-refractivity contribution < 1.29 is 66.7 Å². The van der Waals surface area contributed by atoms with Gasteiger partial charge in [-0.3, -0.25) is 28.3 Å². The summed E-state index contributed by atoms with van der Waals surface area (Å²) in [4.78, 5) is 44.5. The minimum absolute atomic E-state index is 0. The van der Waals surface area contributed by atoms with Gasteiger partial charge in [-0.15, -0.1) is 24.0 Å². The van der Waals surface area contributed by atoms with Gasteiger partial charge in [0.15, 0.2) is 0 Å². The number of rotatable bonds is 10. The zero-order valence-corrected chi connectivity index (χ0v) is 21.7. The second-order valence-corrected chi connectivity index (χ2v) is 6.29. The fraction of sp³-hybridized carbons (Fsp3) is 0.688. The van der Waals surface area contributed by atoms with Gasteiger partial charge in [-0.25, -0.2) is 0 Å². The summed E-state index contributed by atoms with van der Waals surface area (Å²) < 4.78 is 36.3. The number of carboxylic acid groups (broad SMARTS) is 4. The highest BCUT2D eigenvalue weighted by Gasteiger charge is 2.19. The SMILES string of the molecule is C=O.Cl.ClCC1CO1.NCCNCCN.O=C(O)CCCCC(=O)O.O=CO.O=CO.O=S(=O)(O)O. The van der Waals surface area contributed by atoms with Gasteiger partial charge in [0.1, 0.15) is 6.79 Å². The molecule has 1 aliphatic rings. The van der Waals surface area contributed by atoms with Crippen LogP contribution in [-0.4, -0.2) is 114 Å². The number of aliphatic carboxylic acids is 2. The zero-order valence-electron chi connectivity index (χ0n) is 19.3. The molecule has 0 amide bonds. The average molecular weight is 598 g/mol. The standard InChI is InChI=1S/C6H10O4.C4H13N3.C3H5ClO.2CH2O2.CH2O.ClH.H2O4S/c7-5(8)3-1-2-4-6(9)10;5-1-3-7-4-2-6;4-1-3-2-5-3;2*2-1-3;1-2;;1-5(2,3)4/h1-4H2,(H,7,8)(H,9,10);7H,1-6H2;3H,1-2H2;2*1H,(H,2,3);1H2;1H;(H2,1,2,3,4). The number of unbranched alkanes of at least 4 members (excludes halogenated alkanes) is 1. The van der Waals surface area contributed by atoms with E-state index in [1.54, 1.807) is 0 Å². The maximum absolute atomic E-state index is 9.90. The summed E-state index contributed by atoms with van der Waals surface area (Å²) in [6.07, 6.45) is 1.42. The molecule has 1 heterocycles. The van der Waals surface area contributed by atoms with Gasteiger partial charge in [-0.05, 0) is 12.8 Å². The van der Waals surface area contributed by atoms with Crippen LogP contribution in [0.1, 0.15) is 25.7 Å². The van der Waals surface area contributed by atoms with Crippen LogP contribution in [0.15, 0.2) is 0 Å². The van der Waals surface area contributed by atoms with E-state index in [4.69, 9.17) is 80.1 Å². The normalized spacial score (nSPS) is 11.5. The summed E-state index contributed by atoms with van der Waals surface area (Å²) in [5.74, 6) is -1.07. The lowest BCUT2D eigenvalue weighted by atomic mass is 10.2. The van der Waals surface area contributed by atoms with Crippen LogP contribution in [0.3, 0.4) is 0 Å². The van der Waals surface area contributed by atoms with Gasteiger partial charge in [-0.2, -0.15) is 8.42 Å². The molecule has 1 fully saturated rings. The molecule has 0 aromatic heterocycles. The maximum atomic E-state index is 9.90. The third kappa shape index (κ3) is 158. The molecular weight excluding hydrogens is 561 g/mol. The molecule has 11 N–H and O–H groups in total. The molecule has 1 atom stereocenters. The number of carboxylic acids is 2. The summed E-state index contributed by atoms with van der Waals surface area (Å²) in [5.41, 5.74) is 10.3. The van der Waals surface area contributed by atoms with E-state index >= 15 is 0 Å². The largest absolute Gasteiger partial charge is 0.483 e. The van der Waals surface area contributed by atoms with Gasteiger partial charge in [0.05, 0.1) is 18.6 Å². The van der Waals surface area contributed by atoms with Crippen LogP contribution in [0.5, 0.6) is 0 Å². The number of halogens is 2. The fourth-order valence-electron chi connectivity index (χ4n) is 1.04. The first-order valence-corrected chi connectivity index (χ1v) is 11.1. The summed E-state index contributed by atoms with van der Waals surface area (Å²) >= 11 is 5.27. The van der Waals surface area contributed by atoms with Gasteiger partial charge < -0.3 is 46.7 Å². The van der Waals surface area contributed by atoms with E-state index in [0.717, 1.165) is 19.7 Å². The van der Waals surface area contributed by atoms with Gasteiger partial charge in [0.25, 0.3) is 12.9 Å². The maximum Gasteiger partial charge on any atom is 0.394 e. The Morgan fingerprint density at radius 3 is 1.33 bits per heavy atom. The summed E-state index contributed by atoms with van der Waals surface area (Å²) in [5, 5.41) is 33.1. The highest BCUT2D eigenvalue weighted by Crippen LogP contribution is 2.08. The van der Waals surface area contributed by atoms with Crippen molar-refractivity contribution in [2.45, 2.75) is 31.8 Å². The molecule has 20 heteroatoms. The number of hydrogen-bond acceptors (Lipinski definition) is 11. The van der Waals surface area contributed by atoms with Crippen LogP contribution in [-0.2, 0) is 39.1 Å². The van der Waals surface area contributed by atoms with Crippen molar-refractivity contribution in [3.63, 3.8) is 0 Å². The topological polar surface area (TPSA) is 317 Å². The van der Waals surface area contributed by atoms with E-state index < -0.39 is 22.3 Å². The van der Waals surface area contributed by atoms with Gasteiger partial charge in [0.2, 0.25) is 0 Å². The first kappa shape index (κ1) is 50.7. The van der Waals surface area contributed by atoms with Gasteiger partial charge in [-0.1, -0.05) is 0 Å². The van der Waals surface area contributed by atoms with Crippen LogP contribution >= 0.6 is 24.0 Å². The van der Waals surface area contributed by atoms with Crippen molar-refractivity contribution in [3.8, 4) is 0 Å². The highest BCUT2D eigenvalue weighted by atomic mass is 35.5. The smallest absolute Gasteiger partial charge is 0.394 e. The molecule has 17 nitrogen and oxygen atoms in total. The number of epoxide rings is 1. The first-order valence-electron chi connectivity index (χ1n) is 9.17. The van der Waals surface area contributed by atoms with Crippen molar-refractivity contribution in [3.05, 3.63) is 0 Å². The monoisotopic (exact) mass is 597 g/mol. The lowest BCUT2D eigenvalue weighted by Crippen LogP contribution is -2.27. The van der Waals surface area contributed by atoms with Crippen LogP contribution in [0.2, 0.25) is 0 Å². The Morgan fingerprint density at radius 2 is 1.22 bits per heavy atom. The van der Waals surface area contributed by atoms with E-state index in [1.165, 1.54) is 0 Å². The van der Waals surface area contributed by atoms with Crippen molar-refractivity contribution in [2.75, 3.05) is 38.7 Å². The molecule has 0 spiro atoms. The Balaban J connectivity index is -0.0000000577. The van der Waals surface area contributed by atoms with Crippen molar-refractivity contribution in [1.29, 1.82) is 0 Å². The Labute approximate surface area is 220 Å².